The number of nitrogens with zero attached hydrogens (tertiary/aromatic N) is 1. The SMILES string of the molecule is C[C@@H](C(=O)NC(=O)NC(C)(C)C)[NH+]1CCN(S(=O)(=O)c2cccs2)CC1. The number of thiophene rings is 1. The smallest absolute Gasteiger partial charge is 0.322 e. The number of nitrogens with one attached hydrogen (secondary N) is 3. The van der Waals surface area contributed by atoms with Crippen molar-refractivity contribution < 1.29 is 22.9 Å². The van der Waals surface area contributed by atoms with Crippen LogP contribution in [0.15, 0.2) is 21.7 Å². The van der Waals surface area contributed by atoms with Crippen LogP contribution in [0, 0.1) is 0 Å². The van der Waals surface area contributed by atoms with Gasteiger partial charge in [-0.15, -0.1) is 11.3 Å². The Bertz CT molecular complexity index is 733. The second-order valence-corrected chi connectivity index (χ2v) is 10.5. The number of urea groups is 1. The molecule has 10 heteroatoms. The molecule has 0 saturated carbocycles. The number of piperazine rings is 1. The predicted octanol–water partition coefficient (Wildman–Crippen LogP) is -0.350. The third-order valence-electron chi connectivity index (χ3n) is 4.18. The van der Waals surface area contributed by atoms with E-state index in [9.17, 15) is 18.0 Å². The fourth-order valence-corrected chi connectivity index (χ4v) is 5.35. The summed E-state index contributed by atoms with van der Waals surface area (Å²) < 4.78 is 26.9. The Morgan fingerprint density at radius 1 is 1.27 bits per heavy atom. The van der Waals surface area contributed by atoms with Gasteiger partial charge in [-0.3, -0.25) is 10.1 Å². The molecule has 146 valence electrons. The monoisotopic (exact) mass is 403 g/mol. The first-order valence-corrected chi connectivity index (χ1v) is 10.8. The van der Waals surface area contributed by atoms with Gasteiger partial charge in [0.05, 0.1) is 26.2 Å². The number of carbonyl (C=O) groups is 2. The fourth-order valence-electron chi connectivity index (χ4n) is 2.76. The van der Waals surface area contributed by atoms with Crippen molar-refractivity contribution >= 4 is 33.3 Å². The highest BCUT2D eigenvalue weighted by Crippen LogP contribution is 2.20. The van der Waals surface area contributed by atoms with E-state index in [0.717, 1.165) is 4.90 Å². The average molecular weight is 404 g/mol. The lowest BCUT2D eigenvalue weighted by molar-refractivity contribution is -0.917. The first-order chi connectivity index (χ1) is 12.0. The van der Waals surface area contributed by atoms with Crippen molar-refractivity contribution in [3.05, 3.63) is 17.5 Å². The molecule has 1 aromatic rings. The number of amides is 3. The van der Waals surface area contributed by atoms with Gasteiger partial charge in [-0.2, -0.15) is 4.31 Å². The second-order valence-electron chi connectivity index (χ2n) is 7.41. The minimum Gasteiger partial charge on any atom is -0.333 e. The van der Waals surface area contributed by atoms with Crippen LogP contribution in [0.25, 0.3) is 0 Å². The van der Waals surface area contributed by atoms with Crippen molar-refractivity contribution in [1.29, 1.82) is 0 Å². The molecule has 0 aliphatic carbocycles. The van der Waals surface area contributed by atoms with Crippen LogP contribution in [0.3, 0.4) is 0 Å². The van der Waals surface area contributed by atoms with Crippen molar-refractivity contribution in [2.45, 2.75) is 43.5 Å². The molecule has 1 aromatic heterocycles. The maximum absolute atomic E-state index is 12.5. The van der Waals surface area contributed by atoms with E-state index >= 15 is 0 Å². The van der Waals surface area contributed by atoms with Crippen molar-refractivity contribution in [2.75, 3.05) is 26.2 Å². The van der Waals surface area contributed by atoms with Crippen LogP contribution in [-0.4, -0.2) is 62.4 Å². The Morgan fingerprint density at radius 3 is 2.38 bits per heavy atom. The van der Waals surface area contributed by atoms with E-state index in [0.29, 0.717) is 30.4 Å². The van der Waals surface area contributed by atoms with Crippen LogP contribution in [0.4, 0.5) is 4.79 Å². The van der Waals surface area contributed by atoms with E-state index in [1.807, 2.05) is 20.8 Å². The third kappa shape index (κ3) is 5.26. The second kappa shape index (κ2) is 8.03. The van der Waals surface area contributed by atoms with E-state index in [1.165, 1.54) is 15.6 Å². The number of carbonyl (C=O) groups excluding carboxylic acids is 2. The first-order valence-electron chi connectivity index (χ1n) is 8.52. The summed E-state index contributed by atoms with van der Waals surface area (Å²) >= 11 is 1.20. The summed E-state index contributed by atoms with van der Waals surface area (Å²) in [6, 6.07) is 2.36. The number of hydrogen-bond acceptors (Lipinski definition) is 5. The first kappa shape index (κ1) is 20.8. The van der Waals surface area contributed by atoms with Gasteiger partial charge in [-0.05, 0) is 39.1 Å². The molecule has 2 rings (SSSR count). The molecule has 8 nitrogen and oxygen atoms in total. The maximum atomic E-state index is 12.5. The average Bonchev–Trinajstić information content (AvgIpc) is 3.07. The zero-order valence-corrected chi connectivity index (χ0v) is 17.2. The third-order valence-corrected chi connectivity index (χ3v) is 7.46. The van der Waals surface area contributed by atoms with E-state index < -0.39 is 27.6 Å². The number of quaternary nitrogens is 1. The Hall–Kier alpha value is -1.49. The summed E-state index contributed by atoms with van der Waals surface area (Å²) in [4.78, 5) is 25.1. The van der Waals surface area contributed by atoms with Crippen molar-refractivity contribution in [2.24, 2.45) is 0 Å². The van der Waals surface area contributed by atoms with Gasteiger partial charge >= 0.3 is 6.03 Å². The summed E-state index contributed by atoms with van der Waals surface area (Å²) in [7, 11) is -3.45. The highest BCUT2D eigenvalue weighted by atomic mass is 32.2. The molecule has 26 heavy (non-hydrogen) atoms. The molecular formula is C16H27N4O4S2+. The molecule has 3 amide bonds. The standard InChI is InChI=1S/C16H26N4O4S2/c1-12(14(21)17-15(22)18-16(2,3)4)19-7-9-20(10-8-19)26(23,24)13-6-5-11-25-13/h5-6,11-12H,7-10H2,1-4H3,(H2,17,18,21,22)/p+1/t12-/m0/s1. The van der Waals surface area contributed by atoms with Gasteiger partial charge in [0.2, 0.25) is 0 Å². The van der Waals surface area contributed by atoms with Crippen LogP contribution >= 0.6 is 11.3 Å². The molecule has 1 atom stereocenters. The zero-order chi connectivity index (χ0) is 19.5. The normalized spacial score (nSPS) is 18.3. The molecule has 3 N–H and O–H groups in total. The summed E-state index contributed by atoms with van der Waals surface area (Å²) in [6.45, 7) is 8.97. The van der Waals surface area contributed by atoms with Crippen LogP contribution in [0.1, 0.15) is 27.7 Å². The number of imide groups is 1. The predicted molar refractivity (Wildman–Crippen MR) is 99.7 cm³/mol. The summed E-state index contributed by atoms with van der Waals surface area (Å²) in [5.41, 5.74) is -0.428. The molecule has 1 saturated heterocycles. The molecule has 0 radical (unpaired) electrons. The van der Waals surface area contributed by atoms with Crippen LogP contribution in [0.5, 0.6) is 0 Å². The van der Waals surface area contributed by atoms with Gasteiger partial charge in [0.25, 0.3) is 15.9 Å². The molecular weight excluding hydrogens is 376 g/mol. The number of rotatable bonds is 4. The van der Waals surface area contributed by atoms with Gasteiger partial charge in [-0.1, -0.05) is 6.07 Å². The van der Waals surface area contributed by atoms with Gasteiger partial charge < -0.3 is 10.2 Å². The summed E-state index contributed by atoms with van der Waals surface area (Å²) in [5, 5.41) is 6.78. The Morgan fingerprint density at radius 2 is 1.88 bits per heavy atom. The Kier molecular flexibility index (Phi) is 6.43. The van der Waals surface area contributed by atoms with Crippen molar-refractivity contribution in [3.63, 3.8) is 0 Å². The van der Waals surface area contributed by atoms with E-state index in [1.54, 1.807) is 24.4 Å². The summed E-state index contributed by atoms with van der Waals surface area (Å²) in [5.74, 6) is -0.365. The molecule has 0 unspecified atom stereocenters. The van der Waals surface area contributed by atoms with E-state index in [2.05, 4.69) is 10.6 Å². The van der Waals surface area contributed by atoms with E-state index in [-0.39, 0.29) is 5.91 Å². The molecule has 0 aromatic carbocycles. The zero-order valence-electron chi connectivity index (χ0n) is 15.5. The highest BCUT2D eigenvalue weighted by Gasteiger charge is 2.35. The van der Waals surface area contributed by atoms with Gasteiger partial charge in [-0.25, -0.2) is 13.2 Å². The van der Waals surface area contributed by atoms with Crippen molar-refractivity contribution in [3.8, 4) is 0 Å². The van der Waals surface area contributed by atoms with Gasteiger partial charge in [0.1, 0.15) is 4.21 Å². The van der Waals surface area contributed by atoms with Crippen LogP contribution in [-0.2, 0) is 14.8 Å². The lowest BCUT2D eigenvalue weighted by Crippen LogP contribution is -3.19. The Balaban J connectivity index is 1.89. The Labute approximate surface area is 158 Å². The molecule has 0 bridgehead atoms. The topological polar surface area (TPSA) is 100 Å². The van der Waals surface area contributed by atoms with E-state index in [4.69, 9.17) is 0 Å². The fraction of sp³-hybridized carbons (Fsp3) is 0.625. The molecule has 1 fully saturated rings. The van der Waals surface area contributed by atoms with Gasteiger partial charge in [0, 0.05) is 5.54 Å². The molecule has 1 aliphatic rings. The number of hydrogen-bond donors (Lipinski definition) is 3. The molecule has 0 spiro atoms. The maximum Gasteiger partial charge on any atom is 0.322 e. The summed E-state index contributed by atoms with van der Waals surface area (Å²) in [6.07, 6.45) is 0. The van der Waals surface area contributed by atoms with Crippen LogP contribution < -0.4 is 15.5 Å². The molecule has 2 heterocycles. The van der Waals surface area contributed by atoms with Crippen LogP contribution in [0.2, 0.25) is 0 Å². The lowest BCUT2D eigenvalue weighted by atomic mass is 10.1. The van der Waals surface area contributed by atoms with Crippen molar-refractivity contribution in [1.82, 2.24) is 14.9 Å². The number of sulfonamides is 1. The minimum atomic E-state index is -3.45. The van der Waals surface area contributed by atoms with Gasteiger partial charge in [0.15, 0.2) is 6.04 Å². The minimum absolute atomic E-state index is 0.339. The molecule has 1 aliphatic heterocycles. The quantitative estimate of drug-likeness (QED) is 0.640. The lowest BCUT2D eigenvalue weighted by Gasteiger charge is -2.33. The largest absolute Gasteiger partial charge is 0.333 e. The highest BCUT2D eigenvalue weighted by molar-refractivity contribution is 7.91.